The molecule has 0 radical (unpaired) electrons. The average Bonchev–Trinajstić information content (AvgIpc) is 2.85. The number of hydrogen-bond donors (Lipinski definition) is 2. The Morgan fingerprint density at radius 2 is 2.11 bits per heavy atom. The summed E-state index contributed by atoms with van der Waals surface area (Å²) in [6.45, 7) is 0.0606. The highest BCUT2D eigenvalue weighted by atomic mass is 32.1. The lowest BCUT2D eigenvalue weighted by Crippen LogP contribution is -2.23. The molecule has 0 bridgehead atoms. The molecule has 0 aliphatic carbocycles. The highest BCUT2D eigenvalue weighted by Gasteiger charge is 2.12. The Morgan fingerprint density at radius 1 is 1.37 bits per heavy atom. The lowest BCUT2D eigenvalue weighted by atomic mass is 10.2. The molecule has 2 rings (SSSR count). The summed E-state index contributed by atoms with van der Waals surface area (Å²) >= 11 is 1.12. The van der Waals surface area contributed by atoms with Gasteiger partial charge in [-0.1, -0.05) is 12.1 Å². The van der Waals surface area contributed by atoms with Gasteiger partial charge in [0, 0.05) is 5.38 Å². The van der Waals surface area contributed by atoms with E-state index in [9.17, 15) is 14.0 Å². The van der Waals surface area contributed by atoms with Crippen LogP contribution in [0.2, 0.25) is 0 Å². The van der Waals surface area contributed by atoms with Crippen LogP contribution in [0.3, 0.4) is 0 Å². The van der Waals surface area contributed by atoms with Gasteiger partial charge in [-0.15, -0.1) is 11.3 Å². The molecule has 1 heterocycles. The van der Waals surface area contributed by atoms with Crippen LogP contribution in [0.15, 0.2) is 29.6 Å². The number of rotatable bonds is 4. The average molecular weight is 280 g/mol. The van der Waals surface area contributed by atoms with E-state index in [4.69, 9.17) is 5.11 Å². The summed E-state index contributed by atoms with van der Waals surface area (Å²) in [5.74, 6) is -2.29. The van der Waals surface area contributed by atoms with Gasteiger partial charge < -0.3 is 10.4 Å². The van der Waals surface area contributed by atoms with Crippen molar-refractivity contribution < 1.29 is 19.1 Å². The molecular formula is C12H9FN2O3S. The molecule has 0 atom stereocenters. The second kappa shape index (κ2) is 5.57. The second-order valence-corrected chi connectivity index (χ2v) is 4.54. The zero-order valence-corrected chi connectivity index (χ0v) is 10.4. The molecule has 2 aromatic rings. The van der Waals surface area contributed by atoms with Gasteiger partial charge in [0.15, 0.2) is 5.69 Å². The van der Waals surface area contributed by atoms with Gasteiger partial charge in [-0.2, -0.15) is 0 Å². The maximum Gasteiger partial charge on any atom is 0.355 e. The fraction of sp³-hybridized carbons (Fsp3) is 0.0833. The van der Waals surface area contributed by atoms with E-state index in [2.05, 4.69) is 10.3 Å². The molecule has 98 valence electrons. The molecule has 2 N–H and O–H groups in total. The molecule has 0 fully saturated rings. The zero-order chi connectivity index (χ0) is 13.8. The van der Waals surface area contributed by atoms with Crippen LogP contribution in [0.4, 0.5) is 4.39 Å². The van der Waals surface area contributed by atoms with Gasteiger partial charge in [0.1, 0.15) is 10.8 Å². The normalized spacial score (nSPS) is 10.2. The molecule has 0 saturated heterocycles. The van der Waals surface area contributed by atoms with Gasteiger partial charge in [-0.05, 0) is 12.1 Å². The van der Waals surface area contributed by atoms with Crippen LogP contribution >= 0.6 is 11.3 Å². The third-order valence-electron chi connectivity index (χ3n) is 2.29. The number of carbonyl (C=O) groups is 2. The molecule has 1 aromatic heterocycles. The van der Waals surface area contributed by atoms with Crippen molar-refractivity contribution in [2.24, 2.45) is 0 Å². The number of carboxylic acid groups (broad SMARTS) is 1. The highest BCUT2D eigenvalue weighted by molar-refractivity contribution is 7.09. The van der Waals surface area contributed by atoms with Crippen LogP contribution in [-0.2, 0) is 6.54 Å². The number of carbonyl (C=O) groups excluding carboxylic acids is 1. The Balaban J connectivity index is 2.00. The molecule has 0 aliphatic heterocycles. The Bertz CT molecular complexity index is 627. The molecule has 19 heavy (non-hydrogen) atoms. The second-order valence-electron chi connectivity index (χ2n) is 3.59. The number of amides is 1. The Hall–Kier alpha value is -2.28. The van der Waals surface area contributed by atoms with Crippen LogP contribution in [0.5, 0.6) is 0 Å². The zero-order valence-electron chi connectivity index (χ0n) is 9.59. The van der Waals surface area contributed by atoms with Crippen LogP contribution in [-0.4, -0.2) is 22.0 Å². The van der Waals surface area contributed by atoms with Crippen LogP contribution in [0.25, 0.3) is 0 Å². The molecular weight excluding hydrogens is 271 g/mol. The maximum atomic E-state index is 13.3. The highest BCUT2D eigenvalue weighted by Crippen LogP contribution is 2.10. The lowest BCUT2D eigenvalue weighted by Gasteiger charge is -2.03. The fourth-order valence-electron chi connectivity index (χ4n) is 1.39. The third kappa shape index (κ3) is 3.14. The molecule has 7 heteroatoms. The molecule has 5 nitrogen and oxygen atoms in total. The number of hydrogen-bond acceptors (Lipinski definition) is 4. The van der Waals surface area contributed by atoms with E-state index in [0.29, 0.717) is 5.01 Å². The number of aromatic nitrogens is 1. The van der Waals surface area contributed by atoms with Crippen molar-refractivity contribution in [2.45, 2.75) is 6.54 Å². The van der Waals surface area contributed by atoms with Crippen molar-refractivity contribution in [2.75, 3.05) is 0 Å². The summed E-state index contributed by atoms with van der Waals surface area (Å²) in [6, 6.07) is 5.62. The van der Waals surface area contributed by atoms with E-state index in [0.717, 1.165) is 11.3 Å². The van der Waals surface area contributed by atoms with Gasteiger partial charge in [-0.3, -0.25) is 4.79 Å². The summed E-state index contributed by atoms with van der Waals surface area (Å²) in [4.78, 5) is 26.1. The Kier molecular flexibility index (Phi) is 3.86. The van der Waals surface area contributed by atoms with Gasteiger partial charge in [0.05, 0.1) is 12.1 Å². The van der Waals surface area contributed by atoms with Gasteiger partial charge in [-0.25, -0.2) is 14.2 Å². The minimum Gasteiger partial charge on any atom is -0.476 e. The quantitative estimate of drug-likeness (QED) is 0.896. The summed E-state index contributed by atoms with van der Waals surface area (Å²) < 4.78 is 13.3. The first-order chi connectivity index (χ1) is 9.08. The number of benzene rings is 1. The van der Waals surface area contributed by atoms with E-state index >= 15 is 0 Å². The molecule has 0 saturated carbocycles. The van der Waals surface area contributed by atoms with E-state index < -0.39 is 17.7 Å². The monoisotopic (exact) mass is 280 g/mol. The minimum atomic E-state index is -1.12. The summed E-state index contributed by atoms with van der Waals surface area (Å²) in [6.07, 6.45) is 0. The van der Waals surface area contributed by atoms with Crippen LogP contribution < -0.4 is 5.32 Å². The predicted octanol–water partition coefficient (Wildman–Crippen LogP) is 1.91. The number of aromatic carboxylic acids is 1. The largest absolute Gasteiger partial charge is 0.476 e. The van der Waals surface area contributed by atoms with E-state index in [1.54, 1.807) is 6.07 Å². The summed E-state index contributed by atoms with van der Waals surface area (Å²) in [7, 11) is 0. The molecule has 0 spiro atoms. The molecule has 1 aromatic carbocycles. The van der Waals surface area contributed by atoms with Crippen molar-refractivity contribution in [1.29, 1.82) is 0 Å². The summed E-state index contributed by atoms with van der Waals surface area (Å²) in [5, 5.41) is 13.0. The first-order valence-electron chi connectivity index (χ1n) is 5.28. The van der Waals surface area contributed by atoms with Crippen molar-refractivity contribution >= 4 is 23.2 Å². The standard InChI is InChI=1S/C12H9FN2O3S/c13-8-4-2-1-3-7(8)11(16)14-5-10-15-9(6-19-10)12(17)18/h1-4,6H,5H2,(H,14,16)(H,17,18). The minimum absolute atomic E-state index is 0.0579. The topological polar surface area (TPSA) is 79.3 Å². The third-order valence-corrected chi connectivity index (χ3v) is 3.14. The first-order valence-corrected chi connectivity index (χ1v) is 6.16. The SMILES string of the molecule is O=C(O)c1csc(CNC(=O)c2ccccc2F)n1. The fourth-order valence-corrected chi connectivity index (χ4v) is 2.09. The van der Waals surface area contributed by atoms with Gasteiger partial charge >= 0.3 is 5.97 Å². The van der Waals surface area contributed by atoms with Crippen LogP contribution in [0, 0.1) is 5.82 Å². The number of nitrogens with one attached hydrogen (secondary N) is 1. The Labute approximate surface area is 111 Å². The van der Waals surface area contributed by atoms with E-state index in [1.807, 2.05) is 0 Å². The maximum absolute atomic E-state index is 13.3. The molecule has 0 aliphatic rings. The van der Waals surface area contributed by atoms with Crippen molar-refractivity contribution in [3.63, 3.8) is 0 Å². The van der Waals surface area contributed by atoms with Gasteiger partial charge in [0.2, 0.25) is 0 Å². The molecule has 1 amide bonds. The smallest absolute Gasteiger partial charge is 0.355 e. The van der Waals surface area contributed by atoms with Crippen LogP contribution in [0.1, 0.15) is 25.9 Å². The van der Waals surface area contributed by atoms with Gasteiger partial charge in [0.25, 0.3) is 5.91 Å². The van der Waals surface area contributed by atoms with Crippen molar-refractivity contribution in [3.05, 3.63) is 51.7 Å². The number of halogens is 1. The number of carboxylic acids is 1. The van der Waals surface area contributed by atoms with E-state index in [1.165, 1.54) is 23.6 Å². The lowest BCUT2D eigenvalue weighted by molar-refractivity contribution is 0.0691. The number of thiazole rings is 1. The van der Waals surface area contributed by atoms with Crippen molar-refractivity contribution in [1.82, 2.24) is 10.3 Å². The predicted molar refractivity (Wildman–Crippen MR) is 66.6 cm³/mol. The first kappa shape index (κ1) is 13.2. The van der Waals surface area contributed by atoms with E-state index in [-0.39, 0.29) is 17.8 Å². The Morgan fingerprint density at radius 3 is 2.74 bits per heavy atom. The summed E-state index contributed by atoms with van der Waals surface area (Å²) in [5.41, 5.74) is -0.127. The number of nitrogens with zero attached hydrogens (tertiary/aromatic N) is 1. The van der Waals surface area contributed by atoms with Crippen molar-refractivity contribution in [3.8, 4) is 0 Å². The molecule has 0 unspecified atom stereocenters.